The molecule has 0 saturated heterocycles. The summed E-state index contributed by atoms with van der Waals surface area (Å²) in [6.45, 7) is 1.83. The fraction of sp³-hybridized carbons (Fsp3) is 0.143. The molecule has 12 nitrogen and oxygen atoms in total. The van der Waals surface area contributed by atoms with Crippen molar-refractivity contribution in [3.05, 3.63) is 121 Å². The number of nitrogens with zero attached hydrogens (tertiary/aromatic N) is 6. The molecule has 0 spiro atoms. The average molecular weight is 537 g/mol. The summed E-state index contributed by atoms with van der Waals surface area (Å²) in [5.74, 6) is 0. The molecule has 0 bridgehead atoms. The van der Waals surface area contributed by atoms with E-state index in [-0.39, 0.29) is 30.2 Å². The van der Waals surface area contributed by atoms with Crippen molar-refractivity contribution in [3.8, 4) is 17.1 Å². The largest absolute Gasteiger partial charge is 0.345 e. The molecule has 198 valence electrons. The van der Waals surface area contributed by atoms with E-state index in [2.05, 4.69) is 15.0 Å². The molecule has 12 heteroatoms. The van der Waals surface area contributed by atoms with E-state index in [0.717, 1.165) is 13.7 Å². The van der Waals surface area contributed by atoms with Crippen LogP contribution in [0.15, 0.2) is 102 Å². The molecule has 0 fully saturated rings. The zero-order chi connectivity index (χ0) is 28.6. The van der Waals surface area contributed by atoms with Gasteiger partial charge >= 0.3 is 17.1 Å². The molecule has 0 N–H and O–H groups in total. The second-order valence-electron chi connectivity index (χ2n) is 8.49. The molecular weight excluding hydrogens is 516 g/mol. The lowest BCUT2D eigenvalue weighted by Crippen LogP contribution is -2.52. The Bertz CT molecular complexity index is 1770. The maximum atomic E-state index is 13.7. The van der Waals surface area contributed by atoms with Gasteiger partial charge in [0.05, 0.1) is 36.2 Å². The maximum Gasteiger partial charge on any atom is 0.345 e. The molecule has 1 atom stereocenters. The lowest BCUT2D eigenvalue weighted by molar-refractivity contribution is 0.559. The fourth-order valence-electron chi connectivity index (χ4n) is 4.01. The highest BCUT2D eigenvalue weighted by Gasteiger charge is 2.19. The van der Waals surface area contributed by atoms with Crippen molar-refractivity contribution in [1.29, 1.82) is 0 Å². The molecule has 4 rings (SSSR count). The SMILES string of the molecule is CC(N=C=O)c1ccc(-n2c(=O)n(-c3ccc(CN=C=O)cc3)c(=O)n(-c3ccc(CN=C=O)cc3)c2=O)cc1. The Morgan fingerprint density at radius 2 is 0.925 bits per heavy atom. The van der Waals surface area contributed by atoms with E-state index < -0.39 is 23.1 Å². The van der Waals surface area contributed by atoms with Crippen molar-refractivity contribution in [3.63, 3.8) is 0 Å². The summed E-state index contributed by atoms with van der Waals surface area (Å²) in [7, 11) is 0. The van der Waals surface area contributed by atoms with Crippen LogP contribution >= 0.6 is 0 Å². The first-order valence-corrected chi connectivity index (χ1v) is 11.8. The minimum Gasteiger partial charge on any atom is -0.246 e. The average Bonchev–Trinajstić information content (AvgIpc) is 2.97. The van der Waals surface area contributed by atoms with Crippen molar-refractivity contribution < 1.29 is 14.4 Å². The van der Waals surface area contributed by atoms with E-state index in [1.807, 2.05) is 0 Å². The smallest absolute Gasteiger partial charge is 0.246 e. The first-order chi connectivity index (χ1) is 19.4. The first kappa shape index (κ1) is 27.3. The van der Waals surface area contributed by atoms with Gasteiger partial charge in [-0.2, -0.15) is 4.99 Å². The summed E-state index contributed by atoms with van der Waals surface area (Å²) in [5, 5.41) is 0. The molecule has 1 unspecified atom stereocenters. The summed E-state index contributed by atoms with van der Waals surface area (Å²) < 4.78 is 2.56. The third kappa shape index (κ3) is 5.55. The van der Waals surface area contributed by atoms with Crippen LogP contribution in [0, 0.1) is 0 Å². The van der Waals surface area contributed by atoms with E-state index in [1.54, 1.807) is 43.3 Å². The fourth-order valence-corrected chi connectivity index (χ4v) is 4.01. The predicted octanol–water partition coefficient (Wildman–Crippen LogP) is 2.21. The highest BCUT2D eigenvalue weighted by Crippen LogP contribution is 2.17. The maximum absolute atomic E-state index is 13.7. The van der Waals surface area contributed by atoms with Gasteiger partial charge in [0.2, 0.25) is 18.2 Å². The molecule has 3 aromatic carbocycles. The standard InChI is InChI=1S/C28H20N6O6/c1-19(31-18-37)22-6-12-25(13-7-22)34-27(39)32(23-8-2-20(3-9-23)14-29-16-35)26(38)33(28(34)40)24-10-4-21(5-11-24)15-30-17-36/h2-13,19H,14-15H2,1H3. The van der Waals surface area contributed by atoms with Crippen LogP contribution in [0.1, 0.15) is 29.7 Å². The van der Waals surface area contributed by atoms with Crippen molar-refractivity contribution in [2.75, 3.05) is 0 Å². The number of benzene rings is 3. The number of aliphatic imine (C=N–C) groups is 3. The topological polar surface area (TPSA) is 154 Å². The van der Waals surface area contributed by atoms with E-state index in [9.17, 15) is 28.8 Å². The Labute approximate surface area is 225 Å². The van der Waals surface area contributed by atoms with Crippen LogP contribution in [0.2, 0.25) is 0 Å². The van der Waals surface area contributed by atoms with E-state index in [0.29, 0.717) is 16.7 Å². The van der Waals surface area contributed by atoms with Gasteiger partial charge in [-0.05, 0) is 60.0 Å². The molecule has 0 aliphatic carbocycles. The Kier molecular flexibility index (Phi) is 8.29. The highest BCUT2D eigenvalue weighted by atomic mass is 16.2. The third-order valence-corrected chi connectivity index (χ3v) is 6.07. The van der Waals surface area contributed by atoms with E-state index >= 15 is 0 Å². The van der Waals surface area contributed by atoms with E-state index in [1.165, 1.54) is 54.6 Å². The molecule has 0 aliphatic heterocycles. The summed E-state index contributed by atoms with van der Waals surface area (Å²) in [6.07, 6.45) is 4.40. The zero-order valence-electron chi connectivity index (χ0n) is 21.1. The molecule has 1 aromatic heterocycles. The summed E-state index contributed by atoms with van der Waals surface area (Å²) >= 11 is 0. The van der Waals surface area contributed by atoms with E-state index in [4.69, 9.17) is 0 Å². The van der Waals surface area contributed by atoms with Gasteiger partial charge in [-0.3, -0.25) is 0 Å². The number of isocyanates is 3. The number of hydrogen-bond donors (Lipinski definition) is 0. The molecule has 40 heavy (non-hydrogen) atoms. The lowest BCUT2D eigenvalue weighted by atomic mass is 10.1. The van der Waals surface area contributed by atoms with Crippen molar-refractivity contribution in [2.45, 2.75) is 26.1 Å². The van der Waals surface area contributed by atoms with Crippen LogP contribution in [0.3, 0.4) is 0 Å². The number of carbonyl (C=O) groups excluding carboxylic acids is 3. The highest BCUT2D eigenvalue weighted by molar-refractivity contribution is 5.42. The minimum absolute atomic E-state index is 0.0713. The summed E-state index contributed by atoms with van der Waals surface area (Å²) in [6, 6.07) is 18.1. The van der Waals surface area contributed by atoms with Gasteiger partial charge in [0.25, 0.3) is 0 Å². The van der Waals surface area contributed by atoms with Crippen molar-refractivity contribution in [1.82, 2.24) is 13.7 Å². The summed E-state index contributed by atoms with van der Waals surface area (Å²) in [4.78, 5) is 83.2. The Morgan fingerprint density at radius 3 is 1.25 bits per heavy atom. The Balaban J connectivity index is 1.96. The molecule has 1 heterocycles. The number of aromatic nitrogens is 3. The zero-order valence-corrected chi connectivity index (χ0v) is 21.1. The molecule has 0 aliphatic rings. The second kappa shape index (κ2) is 12.2. The molecule has 0 saturated carbocycles. The van der Waals surface area contributed by atoms with Gasteiger partial charge in [0.15, 0.2) is 0 Å². The molecular formula is C28H20N6O6. The number of hydrogen-bond acceptors (Lipinski definition) is 9. The lowest BCUT2D eigenvalue weighted by Gasteiger charge is -2.15. The van der Waals surface area contributed by atoms with Gasteiger partial charge < -0.3 is 0 Å². The molecule has 0 amide bonds. The van der Waals surface area contributed by atoms with Crippen LogP contribution in [0.25, 0.3) is 17.1 Å². The Morgan fingerprint density at radius 1 is 0.575 bits per heavy atom. The van der Waals surface area contributed by atoms with Gasteiger partial charge in [-0.1, -0.05) is 36.4 Å². The third-order valence-electron chi connectivity index (χ3n) is 6.07. The van der Waals surface area contributed by atoms with Crippen LogP contribution < -0.4 is 17.1 Å². The first-order valence-electron chi connectivity index (χ1n) is 11.8. The normalized spacial score (nSPS) is 11.0. The van der Waals surface area contributed by atoms with Crippen LogP contribution in [0.4, 0.5) is 0 Å². The van der Waals surface area contributed by atoms with Crippen molar-refractivity contribution >= 4 is 18.2 Å². The van der Waals surface area contributed by atoms with Gasteiger partial charge in [0, 0.05) is 0 Å². The van der Waals surface area contributed by atoms with Crippen LogP contribution in [0.5, 0.6) is 0 Å². The quantitative estimate of drug-likeness (QED) is 0.236. The van der Waals surface area contributed by atoms with Gasteiger partial charge in [-0.25, -0.2) is 52.5 Å². The number of rotatable bonds is 9. The van der Waals surface area contributed by atoms with Gasteiger partial charge in [-0.15, -0.1) is 0 Å². The summed E-state index contributed by atoms with van der Waals surface area (Å²) in [5.41, 5.74) is -0.252. The van der Waals surface area contributed by atoms with Crippen molar-refractivity contribution in [2.24, 2.45) is 15.0 Å². The minimum atomic E-state index is -0.909. The monoisotopic (exact) mass is 536 g/mol. The molecule has 0 radical (unpaired) electrons. The molecule has 4 aromatic rings. The second-order valence-corrected chi connectivity index (χ2v) is 8.49. The Hall–Kier alpha value is -5.79. The van der Waals surface area contributed by atoms with Crippen LogP contribution in [-0.2, 0) is 27.5 Å². The van der Waals surface area contributed by atoms with Gasteiger partial charge in [0.1, 0.15) is 0 Å². The van der Waals surface area contributed by atoms with Crippen LogP contribution in [-0.4, -0.2) is 31.9 Å². The predicted molar refractivity (Wildman–Crippen MR) is 143 cm³/mol.